The van der Waals surface area contributed by atoms with Gasteiger partial charge in [-0.15, -0.1) is 0 Å². The second-order valence-electron chi connectivity index (χ2n) is 7.31. The van der Waals surface area contributed by atoms with Crippen LogP contribution < -0.4 is 14.2 Å². The van der Waals surface area contributed by atoms with Gasteiger partial charge in [-0.05, 0) is 56.6 Å². The molecule has 0 bridgehead atoms. The lowest BCUT2D eigenvalue weighted by Crippen LogP contribution is -2.35. The Hall–Kier alpha value is -2.57. The van der Waals surface area contributed by atoms with Crippen LogP contribution in [-0.4, -0.2) is 55.8 Å². The molecule has 0 unspecified atom stereocenters. The van der Waals surface area contributed by atoms with E-state index in [4.69, 9.17) is 14.2 Å². The van der Waals surface area contributed by atoms with Gasteiger partial charge >= 0.3 is 0 Å². The third-order valence-corrected chi connectivity index (χ3v) is 5.31. The van der Waals surface area contributed by atoms with Crippen LogP contribution in [0.4, 0.5) is 0 Å². The van der Waals surface area contributed by atoms with E-state index in [0.717, 1.165) is 36.4 Å². The Kier molecular flexibility index (Phi) is 7.12. The van der Waals surface area contributed by atoms with Crippen molar-refractivity contribution in [3.63, 3.8) is 0 Å². The molecule has 0 saturated carbocycles. The van der Waals surface area contributed by atoms with Crippen molar-refractivity contribution in [2.24, 2.45) is 0 Å². The molecule has 1 N–H and O–H groups in total. The third-order valence-electron chi connectivity index (χ3n) is 5.31. The highest BCUT2D eigenvalue weighted by atomic mass is 16.5. The summed E-state index contributed by atoms with van der Waals surface area (Å²) in [6.07, 6.45) is 1.47. The Morgan fingerprint density at radius 3 is 2.52 bits per heavy atom. The standard InChI is InChI=1S/C23H29NO5/c1-16(25)17-6-8-19(9-7-17)29-15-18(26)14-24-12-4-5-22(24)21-11-10-20(27-2)13-23(21)28-3/h6-11,13,18,22,26H,4-5,12,14-15H2,1-3H3/t18-,22+/m0/s1. The summed E-state index contributed by atoms with van der Waals surface area (Å²) >= 11 is 0. The minimum atomic E-state index is -0.618. The first-order chi connectivity index (χ1) is 14.0. The van der Waals surface area contributed by atoms with Gasteiger partial charge in [0.15, 0.2) is 5.78 Å². The molecule has 6 heteroatoms. The van der Waals surface area contributed by atoms with E-state index in [2.05, 4.69) is 4.90 Å². The molecule has 156 valence electrons. The van der Waals surface area contributed by atoms with E-state index in [0.29, 0.717) is 17.9 Å². The molecule has 0 radical (unpaired) electrons. The lowest BCUT2D eigenvalue weighted by atomic mass is 10.0. The summed E-state index contributed by atoms with van der Waals surface area (Å²) in [5.74, 6) is 2.23. The number of benzene rings is 2. The van der Waals surface area contributed by atoms with Crippen molar-refractivity contribution in [3.8, 4) is 17.2 Å². The molecule has 0 aromatic heterocycles. The summed E-state index contributed by atoms with van der Waals surface area (Å²) in [4.78, 5) is 13.6. The number of β-amino-alcohol motifs (C(OH)–C–C–N with tert-alkyl or cyclic N) is 1. The maximum Gasteiger partial charge on any atom is 0.159 e. The van der Waals surface area contributed by atoms with Crippen molar-refractivity contribution in [2.75, 3.05) is 33.9 Å². The van der Waals surface area contributed by atoms with Crippen LogP contribution in [0.5, 0.6) is 17.2 Å². The molecule has 6 nitrogen and oxygen atoms in total. The van der Waals surface area contributed by atoms with Crippen LogP contribution in [0.1, 0.15) is 41.7 Å². The van der Waals surface area contributed by atoms with Crippen molar-refractivity contribution >= 4 is 5.78 Å². The number of carbonyl (C=O) groups is 1. The molecule has 1 fully saturated rings. The first-order valence-electron chi connectivity index (χ1n) is 9.89. The highest BCUT2D eigenvalue weighted by molar-refractivity contribution is 5.94. The molecular weight excluding hydrogens is 370 g/mol. The highest BCUT2D eigenvalue weighted by Crippen LogP contribution is 2.38. The van der Waals surface area contributed by atoms with Gasteiger partial charge in [-0.25, -0.2) is 0 Å². The van der Waals surface area contributed by atoms with Crippen LogP contribution in [0.2, 0.25) is 0 Å². The lowest BCUT2D eigenvalue weighted by molar-refractivity contribution is 0.0635. The fourth-order valence-electron chi connectivity index (χ4n) is 3.79. The average Bonchev–Trinajstić information content (AvgIpc) is 3.19. The number of ether oxygens (including phenoxy) is 3. The molecular formula is C23H29NO5. The summed E-state index contributed by atoms with van der Waals surface area (Å²) in [5, 5.41) is 10.5. The van der Waals surface area contributed by atoms with Crippen LogP contribution in [0.25, 0.3) is 0 Å². The lowest BCUT2D eigenvalue weighted by Gasteiger charge is -2.28. The van der Waals surface area contributed by atoms with Crippen molar-refractivity contribution in [2.45, 2.75) is 31.9 Å². The monoisotopic (exact) mass is 399 g/mol. The van der Waals surface area contributed by atoms with E-state index < -0.39 is 6.10 Å². The van der Waals surface area contributed by atoms with E-state index >= 15 is 0 Å². The van der Waals surface area contributed by atoms with Gasteiger partial charge in [0.2, 0.25) is 0 Å². The molecule has 0 aliphatic carbocycles. The molecule has 1 saturated heterocycles. The summed E-state index contributed by atoms with van der Waals surface area (Å²) in [6, 6.07) is 13.1. The molecule has 1 aliphatic heterocycles. The number of hydrogen-bond acceptors (Lipinski definition) is 6. The minimum absolute atomic E-state index is 0.0191. The summed E-state index contributed by atoms with van der Waals surface area (Å²) < 4.78 is 16.6. The number of nitrogens with zero attached hydrogens (tertiary/aromatic N) is 1. The summed E-state index contributed by atoms with van der Waals surface area (Å²) in [5.41, 5.74) is 1.75. The number of aliphatic hydroxyl groups excluding tert-OH is 1. The van der Waals surface area contributed by atoms with E-state index in [-0.39, 0.29) is 18.4 Å². The predicted octanol–water partition coefficient (Wildman–Crippen LogP) is 3.48. The summed E-state index contributed by atoms with van der Waals surface area (Å²) in [7, 11) is 3.30. The molecule has 2 atom stereocenters. The van der Waals surface area contributed by atoms with E-state index in [1.54, 1.807) is 38.5 Å². The van der Waals surface area contributed by atoms with Crippen LogP contribution in [-0.2, 0) is 0 Å². The summed E-state index contributed by atoms with van der Waals surface area (Å²) in [6.45, 7) is 3.17. The first-order valence-corrected chi connectivity index (χ1v) is 9.89. The SMILES string of the molecule is COc1ccc([C@H]2CCCN2C[C@H](O)COc2ccc(C(C)=O)cc2)c(OC)c1. The van der Waals surface area contributed by atoms with Gasteiger partial charge in [-0.1, -0.05) is 6.07 Å². The number of ketones is 1. The fraction of sp³-hybridized carbons (Fsp3) is 0.435. The topological polar surface area (TPSA) is 68.2 Å². The number of likely N-dealkylation sites (tertiary alicyclic amines) is 1. The van der Waals surface area contributed by atoms with Gasteiger partial charge in [0.25, 0.3) is 0 Å². The van der Waals surface area contributed by atoms with Crippen LogP contribution >= 0.6 is 0 Å². The van der Waals surface area contributed by atoms with Gasteiger partial charge < -0.3 is 19.3 Å². The molecule has 1 heterocycles. The number of Topliss-reactive ketones (excluding diaryl/α,β-unsaturated/α-hetero) is 1. The third kappa shape index (κ3) is 5.28. The second kappa shape index (κ2) is 9.76. The van der Waals surface area contributed by atoms with Gasteiger partial charge in [-0.2, -0.15) is 0 Å². The van der Waals surface area contributed by atoms with Crippen molar-refractivity contribution in [1.82, 2.24) is 4.90 Å². The maximum atomic E-state index is 11.3. The Bertz CT molecular complexity index is 821. The van der Waals surface area contributed by atoms with E-state index in [1.165, 1.54) is 6.92 Å². The largest absolute Gasteiger partial charge is 0.497 e. The minimum Gasteiger partial charge on any atom is -0.497 e. The van der Waals surface area contributed by atoms with Crippen molar-refractivity contribution in [1.29, 1.82) is 0 Å². The molecule has 0 spiro atoms. The zero-order valence-electron chi connectivity index (χ0n) is 17.3. The van der Waals surface area contributed by atoms with Crippen molar-refractivity contribution < 1.29 is 24.1 Å². The van der Waals surface area contributed by atoms with E-state index in [9.17, 15) is 9.90 Å². The molecule has 3 rings (SSSR count). The van der Waals surface area contributed by atoms with E-state index in [1.807, 2.05) is 18.2 Å². The fourth-order valence-corrected chi connectivity index (χ4v) is 3.79. The average molecular weight is 399 g/mol. The predicted molar refractivity (Wildman–Crippen MR) is 111 cm³/mol. The zero-order valence-corrected chi connectivity index (χ0v) is 17.3. The Morgan fingerprint density at radius 1 is 1.14 bits per heavy atom. The Balaban J connectivity index is 1.59. The van der Waals surface area contributed by atoms with Gasteiger partial charge in [0, 0.05) is 29.8 Å². The number of hydrogen-bond donors (Lipinski definition) is 1. The number of carbonyl (C=O) groups excluding carboxylic acids is 1. The quantitative estimate of drug-likeness (QED) is 0.651. The van der Waals surface area contributed by atoms with Crippen LogP contribution in [0, 0.1) is 0 Å². The number of methoxy groups -OCH3 is 2. The van der Waals surface area contributed by atoms with Crippen molar-refractivity contribution in [3.05, 3.63) is 53.6 Å². The Labute approximate surface area is 172 Å². The molecule has 2 aromatic rings. The maximum absolute atomic E-state index is 11.3. The molecule has 2 aromatic carbocycles. The smallest absolute Gasteiger partial charge is 0.159 e. The molecule has 0 amide bonds. The van der Waals surface area contributed by atoms with Crippen LogP contribution in [0.3, 0.4) is 0 Å². The second-order valence-corrected chi connectivity index (χ2v) is 7.31. The number of rotatable bonds is 9. The number of aliphatic hydroxyl groups is 1. The van der Waals surface area contributed by atoms with Gasteiger partial charge in [0.05, 0.1) is 14.2 Å². The Morgan fingerprint density at radius 2 is 1.86 bits per heavy atom. The van der Waals surface area contributed by atoms with Crippen LogP contribution in [0.15, 0.2) is 42.5 Å². The molecule has 1 aliphatic rings. The zero-order chi connectivity index (χ0) is 20.8. The van der Waals surface area contributed by atoms with Gasteiger partial charge in [-0.3, -0.25) is 9.69 Å². The van der Waals surface area contributed by atoms with Gasteiger partial charge in [0.1, 0.15) is 30.0 Å². The normalized spacial score (nSPS) is 17.7. The molecule has 29 heavy (non-hydrogen) atoms. The highest BCUT2D eigenvalue weighted by Gasteiger charge is 2.30. The first kappa shape index (κ1) is 21.1.